The van der Waals surface area contributed by atoms with Gasteiger partial charge in [0.1, 0.15) is 5.82 Å². The van der Waals surface area contributed by atoms with Gasteiger partial charge in [0.25, 0.3) is 0 Å². The summed E-state index contributed by atoms with van der Waals surface area (Å²) in [4.78, 5) is 2.38. The van der Waals surface area contributed by atoms with Gasteiger partial charge in [0.2, 0.25) is 0 Å². The van der Waals surface area contributed by atoms with Crippen LogP contribution in [0.3, 0.4) is 0 Å². The summed E-state index contributed by atoms with van der Waals surface area (Å²) in [7, 11) is 0. The molecule has 17 heavy (non-hydrogen) atoms. The van der Waals surface area contributed by atoms with Gasteiger partial charge in [-0.1, -0.05) is 12.1 Å². The van der Waals surface area contributed by atoms with Crippen molar-refractivity contribution in [2.24, 2.45) is 5.73 Å². The molecular formula is C14H21FN2. The summed E-state index contributed by atoms with van der Waals surface area (Å²) in [6.45, 7) is 5.83. The Morgan fingerprint density at radius 1 is 1.47 bits per heavy atom. The van der Waals surface area contributed by atoms with Crippen LogP contribution in [0.5, 0.6) is 0 Å². The molecule has 0 amide bonds. The Hall–Kier alpha value is -0.930. The molecule has 0 saturated carbocycles. The zero-order valence-electron chi connectivity index (χ0n) is 10.6. The maximum Gasteiger partial charge on any atom is 0.126 e. The molecule has 1 aromatic rings. The number of rotatable bonds is 2. The van der Waals surface area contributed by atoms with Crippen LogP contribution in [-0.2, 0) is 6.54 Å². The van der Waals surface area contributed by atoms with Crippen LogP contribution in [0.25, 0.3) is 0 Å². The molecule has 1 aromatic carbocycles. The molecular weight excluding hydrogens is 215 g/mol. The van der Waals surface area contributed by atoms with Gasteiger partial charge in [-0.3, -0.25) is 4.90 Å². The van der Waals surface area contributed by atoms with E-state index in [0.29, 0.717) is 17.6 Å². The highest BCUT2D eigenvalue weighted by Crippen LogP contribution is 2.19. The molecule has 1 saturated heterocycles. The molecule has 2 N–H and O–H groups in total. The van der Waals surface area contributed by atoms with Gasteiger partial charge in [0, 0.05) is 25.2 Å². The summed E-state index contributed by atoms with van der Waals surface area (Å²) in [5, 5.41) is 0. The lowest BCUT2D eigenvalue weighted by atomic mass is 9.98. The average molecular weight is 236 g/mol. The smallest absolute Gasteiger partial charge is 0.126 e. The first-order chi connectivity index (χ1) is 8.06. The minimum Gasteiger partial charge on any atom is -0.328 e. The summed E-state index contributed by atoms with van der Waals surface area (Å²) < 4.78 is 13.5. The molecule has 2 atom stereocenters. The van der Waals surface area contributed by atoms with Gasteiger partial charge in [0.05, 0.1) is 0 Å². The van der Waals surface area contributed by atoms with Crippen molar-refractivity contribution in [2.75, 3.05) is 6.54 Å². The van der Waals surface area contributed by atoms with Gasteiger partial charge in [-0.05, 0) is 43.9 Å². The van der Waals surface area contributed by atoms with E-state index in [2.05, 4.69) is 11.8 Å². The van der Waals surface area contributed by atoms with Gasteiger partial charge < -0.3 is 5.73 Å². The van der Waals surface area contributed by atoms with Crippen LogP contribution in [0, 0.1) is 12.7 Å². The second-order valence-electron chi connectivity index (χ2n) is 5.19. The van der Waals surface area contributed by atoms with Gasteiger partial charge in [-0.15, -0.1) is 0 Å². The Labute approximate surface area is 103 Å². The lowest BCUT2D eigenvalue weighted by Gasteiger charge is -2.36. The second kappa shape index (κ2) is 5.15. The van der Waals surface area contributed by atoms with Gasteiger partial charge in [-0.25, -0.2) is 4.39 Å². The van der Waals surface area contributed by atoms with Crippen LogP contribution in [0.2, 0.25) is 0 Å². The molecule has 0 aliphatic carbocycles. The predicted octanol–water partition coefficient (Wildman–Crippen LogP) is 2.45. The zero-order chi connectivity index (χ0) is 12.4. The fraction of sp³-hybridized carbons (Fsp3) is 0.571. The van der Waals surface area contributed by atoms with Crippen LogP contribution in [0.4, 0.5) is 4.39 Å². The quantitative estimate of drug-likeness (QED) is 0.854. The number of likely N-dealkylation sites (tertiary alicyclic amines) is 1. The van der Waals surface area contributed by atoms with Crippen molar-refractivity contribution in [3.05, 3.63) is 35.1 Å². The molecule has 94 valence electrons. The van der Waals surface area contributed by atoms with E-state index < -0.39 is 0 Å². The first-order valence-corrected chi connectivity index (χ1v) is 6.31. The monoisotopic (exact) mass is 236 g/mol. The highest BCUT2D eigenvalue weighted by molar-refractivity contribution is 5.23. The second-order valence-corrected chi connectivity index (χ2v) is 5.19. The average Bonchev–Trinajstić information content (AvgIpc) is 2.27. The van der Waals surface area contributed by atoms with Crippen molar-refractivity contribution >= 4 is 0 Å². The number of benzene rings is 1. The van der Waals surface area contributed by atoms with E-state index in [0.717, 1.165) is 31.5 Å². The number of piperidine rings is 1. The van der Waals surface area contributed by atoms with E-state index in [1.165, 1.54) is 0 Å². The third-order valence-electron chi connectivity index (χ3n) is 3.68. The van der Waals surface area contributed by atoms with Gasteiger partial charge >= 0.3 is 0 Å². The molecule has 3 heteroatoms. The fourth-order valence-electron chi connectivity index (χ4n) is 2.46. The summed E-state index contributed by atoms with van der Waals surface area (Å²) >= 11 is 0. The van der Waals surface area contributed by atoms with E-state index in [4.69, 9.17) is 5.73 Å². The van der Waals surface area contributed by atoms with Crippen molar-refractivity contribution in [2.45, 2.75) is 45.3 Å². The Morgan fingerprint density at radius 3 is 2.88 bits per heavy atom. The molecule has 1 aliphatic heterocycles. The topological polar surface area (TPSA) is 29.3 Å². The highest BCUT2D eigenvalue weighted by Gasteiger charge is 2.23. The lowest BCUT2D eigenvalue weighted by molar-refractivity contribution is 0.140. The van der Waals surface area contributed by atoms with E-state index >= 15 is 0 Å². The third-order valence-corrected chi connectivity index (χ3v) is 3.68. The molecule has 2 nitrogen and oxygen atoms in total. The van der Waals surface area contributed by atoms with Crippen LogP contribution in [-0.4, -0.2) is 23.5 Å². The molecule has 0 spiro atoms. The largest absolute Gasteiger partial charge is 0.328 e. The molecule has 2 rings (SSSR count). The van der Waals surface area contributed by atoms with E-state index in [-0.39, 0.29) is 5.82 Å². The summed E-state index contributed by atoms with van der Waals surface area (Å²) in [6.07, 6.45) is 2.08. The van der Waals surface area contributed by atoms with Crippen molar-refractivity contribution in [1.29, 1.82) is 0 Å². The summed E-state index contributed by atoms with van der Waals surface area (Å²) in [5.41, 5.74) is 7.70. The SMILES string of the molecule is Cc1ccc(CN2CCC(N)CC2C)cc1F. The highest BCUT2D eigenvalue weighted by atomic mass is 19.1. The number of nitrogens with two attached hydrogens (primary N) is 1. The van der Waals surface area contributed by atoms with Gasteiger partial charge in [-0.2, -0.15) is 0 Å². The molecule has 1 heterocycles. The van der Waals surface area contributed by atoms with E-state index in [9.17, 15) is 4.39 Å². The summed E-state index contributed by atoms with van der Waals surface area (Å²) in [6, 6.07) is 6.33. The van der Waals surface area contributed by atoms with Crippen molar-refractivity contribution in [3.63, 3.8) is 0 Å². The number of nitrogens with zero attached hydrogens (tertiary/aromatic N) is 1. The van der Waals surface area contributed by atoms with Crippen LogP contribution >= 0.6 is 0 Å². The van der Waals surface area contributed by atoms with Gasteiger partial charge in [0.15, 0.2) is 0 Å². The Balaban J connectivity index is 2.02. The maximum atomic E-state index is 13.5. The molecule has 1 fully saturated rings. The molecule has 0 bridgehead atoms. The van der Waals surface area contributed by atoms with Crippen molar-refractivity contribution in [3.8, 4) is 0 Å². The first-order valence-electron chi connectivity index (χ1n) is 6.31. The predicted molar refractivity (Wildman–Crippen MR) is 68.2 cm³/mol. The van der Waals surface area contributed by atoms with Crippen LogP contribution < -0.4 is 5.73 Å². The Kier molecular flexibility index (Phi) is 3.79. The molecule has 1 aliphatic rings. The Morgan fingerprint density at radius 2 is 2.24 bits per heavy atom. The van der Waals surface area contributed by atoms with E-state index in [1.807, 2.05) is 12.1 Å². The molecule has 0 radical (unpaired) electrons. The third kappa shape index (κ3) is 3.05. The zero-order valence-corrected chi connectivity index (χ0v) is 10.6. The maximum absolute atomic E-state index is 13.5. The summed E-state index contributed by atoms with van der Waals surface area (Å²) in [5.74, 6) is -0.108. The molecule has 0 aromatic heterocycles. The minimum absolute atomic E-state index is 0.108. The fourth-order valence-corrected chi connectivity index (χ4v) is 2.46. The lowest BCUT2D eigenvalue weighted by Crippen LogP contribution is -2.44. The van der Waals surface area contributed by atoms with E-state index in [1.54, 1.807) is 13.0 Å². The van der Waals surface area contributed by atoms with Crippen molar-refractivity contribution < 1.29 is 4.39 Å². The number of hydrogen-bond donors (Lipinski definition) is 1. The minimum atomic E-state index is -0.108. The number of aryl methyl sites for hydroxylation is 1. The van der Waals surface area contributed by atoms with Crippen LogP contribution in [0.1, 0.15) is 30.9 Å². The van der Waals surface area contributed by atoms with Crippen LogP contribution in [0.15, 0.2) is 18.2 Å². The van der Waals surface area contributed by atoms with Crippen molar-refractivity contribution in [1.82, 2.24) is 4.90 Å². The standard InChI is InChI=1S/C14H21FN2/c1-10-3-4-12(8-14(10)15)9-17-6-5-13(16)7-11(17)2/h3-4,8,11,13H,5-7,9,16H2,1-2H3. The Bertz CT molecular complexity index is 392. The number of hydrogen-bond acceptors (Lipinski definition) is 2. The normalized spacial score (nSPS) is 26.1. The molecule has 2 unspecified atom stereocenters. The number of halogens is 1. The first kappa shape index (κ1) is 12.5.